The van der Waals surface area contributed by atoms with Gasteiger partial charge in [-0.15, -0.1) is 0 Å². The fourth-order valence-corrected chi connectivity index (χ4v) is 5.02. The Kier molecular flexibility index (Phi) is 6.20. The van der Waals surface area contributed by atoms with Crippen molar-refractivity contribution in [1.82, 2.24) is 0 Å². The van der Waals surface area contributed by atoms with E-state index >= 15 is 0 Å². The number of carbonyl (C=O) groups excluding carboxylic acids is 4. The number of amides is 3. The monoisotopic (exact) mass is 505 g/mol. The molecule has 0 bridgehead atoms. The molecule has 2 aromatic rings. The molecule has 5 rings (SSSR count). The van der Waals surface area contributed by atoms with E-state index in [2.05, 4.69) is 0 Å². The number of imide groups is 1. The maximum Gasteiger partial charge on any atom is 0.316 e. The van der Waals surface area contributed by atoms with Gasteiger partial charge in [0.25, 0.3) is 5.69 Å². The largest absolute Gasteiger partial charge is 0.494 e. The number of carbonyl (C=O) groups is 4. The summed E-state index contributed by atoms with van der Waals surface area (Å²) >= 11 is 0. The molecule has 2 saturated heterocycles. The zero-order chi connectivity index (χ0) is 26.3. The maximum absolute atomic E-state index is 12.8. The predicted octanol–water partition coefficient (Wildman–Crippen LogP) is 3.02. The van der Waals surface area contributed by atoms with Crippen LogP contribution in [0.5, 0.6) is 11.5 Å². The topological polar surface area (TPSA) is 136 Å². The number of allylic oxidation sites excluding steroid dienone is 2. The number of methoxy groups -OCH3 is 1. The highest BCUT2D eigenvalue weighted by Gasteiger charge is 2.47. The molecule has 0 unspecified atom stereocenters. The number of rotatable bonds is 6. The molecule has 190 valence electrons. The molecule has 0 saturated carbocycles. The van der Waals surface area contributed by atoms with Crippen LogP contribution in [0.4, 0.5) is 17.1 Å². The highest BCUT2D eigenvalue weighted by molar-refractivity contribution is 6.22. The highest BCUT2D eigenvalue weighted by Crippen LogP contribution is 2.39. The second-order valence-corrected chi connectivity index (χ2v) is 9.10. The van der Waals surface area contributed by atoms with E-state index in [1.54, 1.807) is 12.1 Å². The number of fused-ring (bicyclic) bond motifs is 1. The summed E-state index contributed by atoms with van der Waals surface area (Å²) in [6, 6.07) is 10.0. The van der Waals surface area contributed by atoms with Gasteiger partial charge in [0.2, 0.25) is 17.7 Å². The molecule has 2 aromatic carbocycles. The smallest absolute Gasteiger partial charge is 0.316 e. The molecule has 2 fully saturated rings. The molecule has 0 spiro atoms. The molecular weight excluding hydrogens is 482 g/mol. The summed E-state index contributed by atoms with van der Waals surface area (Å²) in [5.74, 6) is -2.49. The van der Waals surface area contributed by atoms with E-state index in [0.717, 1.165) is 0 Å². The van der Waals surface area contributed by atoms with Crippen LogP contribution in [-0.2, 0) is 19.2 Å². The van der Waals surface area contributed by atoms with Crippen molar-refractivity contribution < 1.29 is 33.6 Å². The van der Waals surface area contributed by atoms with Crippen LogP contribution >= 0.6 is 0 Å². The van der Waals surface area contributed by atoms with Crippen LogP contribution in [0, 0.1) is 27.9 Å². The van der Waals surface area contributed by atoms with Crippen molar-refractivity contribution in [2.45, 2.75) is 19.3 Å². The van der Waals surface area contributed by atoms with Crippen LogP contribution in [0.2, 0.25) is 0 Å². The molecule has 2 aliphatic heterocycles. The third-order valence-electron chi connectivity index (χ3n) is 6.94. The number of ether oxygens (including phenoxy) is 2. The number of hydrogen-bond donors (Lipinski definition) is 0. The van der Waals surface area contributed by atoms with Crippen LogP contribution in [0.1, 0.15) is 19.3 Å². The van der Waals surface area contributed by atoms with Crippen molar-refractivity contribution in [3.63, 3.8) is 0 Å². The van der Waals surface area contributed by atoms with Gasteiger partial charge in [-0.1, -0.05) is 12.2 Å². The number of nitro groups is 1. The van der Waals surface area contributed by atoms with E-state index in [1.807, 2.05) is 12.2 Å². The quantitative estimate of drug-likeness (QED) is 0.146. The molecule has 3 aliphatic rings. The van der Waals surface area contributed by atoms with Crippen molar-refractivity contribution in [1.29, 1.82) is 0 Å². The normalized spacial score (nSPS) is 22.8. The summed E-state index contributed by atoms with van der Waals surface area (Å²) in [5.41, 5.74) is 0.560. The summed E-state index contributed by atoms with van der Waals surface area (Å²) in [6.45, 7) is 0.0253. The van der Waals surface area contributed by atoms with E-state index in [-0.39, 0.29) is 59.7 Å². The maximum atomic E-state index is 12.8. The predicted molar refractivity (Wildman–Crippen MR) is 130 cm³/mol. The highest BCUT2D eigenvalue weighted by atomic mass is 16.6. The van der Waals surface area contributed by atoms with Crippen LogP contribution in [-0.4, -0.2) is 42.3 Å². The van der Waals surface area contributed by atoms with Crippen molar-refractivity contribution in [3.8, 4) is 11.5 Å². The molecule has 1 aliphatic carbocycles. The first-order chi connectivity index (χ1) is 17.8. The first-order valence-corrected chi connectivity index (χ1v) is 11.8. The van der Waals surface area contributed by atoms with Crippen molar-refractivity contribution in [2.75, 3.05) is 23.5 Å². The summed E-state index contributed by atoms with van der Waals surface area (Å²) in [5, 5.41) is 11.0. The lowest BCUT2D eigenvalue weighted by molar-refractivity contribution is -0.384. The van der Waals surface area contributed by atoms with Gasteiger partial charge in [0.15, 0.2) is 0 Å². The first kappa shape index (κ1) is 24.2. The Bertz CT molecular complexity index is 1310. The Morgan fingerprint density at radius 2 is 1.65 bits per heavy atom. The number of anilines is 2. The van der Waals surface area contributed by atoms with Gasteiger partial charge in [-0.2, -0.15) is 0 Å². The van der Waals surface area contributed by atoms with Gasteiger partial charge in [0.1, 0.15) is 11.5 Å². The van der Waals surface area contributed by atoms with E-state index in [4.69, 9.17) is 9.47 Å². The lowest BCUT2D eigenvalue weighted by Crippen LogP contribution is -2.30. The average Bonchev–Trinajstić information content (AvgIpc) is 3.41. The fourth-order valence-electron chi connectivity index (χ4n) is 5.02. The number of benzene rings is 2. The Hall–Kier alpha value is -4.54. The molecule has 0 N–H and O–H groups in total. The van der Waals surface area contributed by atoms with Crippen LogP contribution in [0.15, 0.2) is 54.6 Å². The molecule has 37 heavy (non-hydrogen) atoms. The second-order valence-electron chi connectivity index (χ2n) is 9.10. The van der Waals surface area contributed by atoms with Crippen molar-refractivity contribution >= 4 is 40.8 Å². The second kappa shape index (κ2) is 9.49. The summed E-state index contributed by atoms with van der Waals surface area (Å²) in [6.07, 6.45) is 4.84. The van der Waals surface area contributed by atoms with Crippen LogP contribution < -0.4 is 19.3 Å². The Morgan fingerprint density at radius 1 is 1.00 bits per heavy atom. The van der Waals surface area contributed by atoms with Gasteiger partial charge in [-0.05, 0) is 43.2 Å². The molecule has 11 heteroatoms. The van der Waals surface area contributed by atoms with E-state index in [1.165, 1.54) is 47.2 Å². The Morgan fingerprint density at radius 3 is 2.24 bits per heavy atom. The molecule has 3 atom stereocenters. The molecule has 11 nitrogen and oxygen atoms in total. The molecule has 0 aromatic heterocycles. The minimum Gasteiger partial charge on any atom is -0.494 e. The molecular formula is C26H23N3O8. The first-order valence-electron chi connectivity index (χ1n) is 11.8. The van der Waals surface area contributed by atoms with Gasteiger partial charge in [-0.25, -0.2) is 0 Å². The zero-order valence-corrected chi connectivity index (χ0v) is 19.9. The van der Waals surface area contributed by atoms with Gasteiger partial charge < -0.3 is 14.4 Å². The minimum atomic E-state index is -0.760. The Labute approximate surface area is 211 Å². The summed E-state index contributed by atoms with van der Waals surface area (Å²) < 4.78 is 10.7. The van der Waals surface area contributed by atoms with E-state index in [9.17, 15) is 29.3 Å². The van der Waals surface area contributed by atoms with E-state index in [0.29, 0.717) is 24.2 Å². The average molecular weight is 505 g/mol. The minimum absolute atomic E-state index is 0.0253. The van der Waals surface area contributed by atoms with Crippen molar-refractivity contribution in [3.05, 3.63) is 64.7 Å². The molecule has 2 heterocycles. The lowest BCUT2D eigenvalue weighted by atomic mass is 9.85. The van der Waals surface area contributed by atoms with Gasteiger partial charge in [-0.3, -0.25) is 34.2 Å². The van der Waals surface area contributed by atoms with Crippen LogP contribution in [0.3, 0.4) is 0 Å². The van der Waals surface area contributed by atoms with Gasteiger partial charge >= 0.3 is 5.97 Å². The SMILES string of the molecule is COc1cc([N+](=O)[O-])ccc1N1C[C@@H](C(=O)Oc2ccc(N3C(=O)[C@H]4CC=CC[C@H]4C3=O)cc2)CC1=O. The van der Waals surface area contributed by atoms with Crippen molar-refractivity contribution in [2.24, 2.45) is 17.8 Å². The number of nitro benzene ring substituents is 1. The van der Waals surface area contributed by atoms with Gasteiger partial charge in [0.05, 0.1) is 47.2 Å². The number of nitrogens with zero attached hydrogens (tertiary/aromatic N) is 3. The third kappa shape index (κ3) is 4.32. The van der Waals surface area contributed by atoms with Crippen LogP contribution in [0.25, 0.3) is 0 Å². The number of hydrogen-bond acceptors (Lipinski definition) is 8. The summed E-state index contributed by atoms with van der Waals surface area (Å²) in [7, 11) is 1.34. The standard InChI is InChI=1S/C26H23N3O8/c1-36-22-13-17(29(34)35)8-11-21(22)27-14-15(12-23(27)30)26(33)37-18-9-6-16(7-10-18)28-24(31)19-4-2-3-5-20(19)25(28)32/h2-3,6-11,13,15,19-20H,4-5,12,14H2,1H3/t15-,19-,20+/m0/s1. The summed E-state index contributed by atoms with van der Waals surface area (Å²) in [4.78, 5) is 64.0. The van der Waals surface area contributed by atoms with E-state index < -0.39 is 16.8 Å². The fraction of sp³-hybridized carbons (Fsp3) is 0.308. The third-order valence-corrected chi connectivity index (χ3v) is 6.94. The number of non-ortho nitro benzene ring substituents is 1. The lowest BCUT2D eigenvalue weighted by Gasteiger charge is -2.19. The molecule has 0 radical (unpaired) electrons. The Balaban J connectivity index is 1.25. The van der Waals surface area contributed by atoms with Gasteiger partial charge in [0, 0.05) is 19.0 Å². The number of esters is 1. The molecule has 3 amide bonds. The zero-order valence-electron chi connectivity index (χ0n) is 19.9.